The van der Waals surface area contributed by atoms with Crippen LogP contribution in [-0.2, 0) is 4.79 Å². The van der Waals surface area contributed by atoms with E-state index in [2.05, 4.69) is 13.2 Å². The largest absolute Gasteiger partial charge is 0.294 e. The van der Waals surface area contributed by atoms with E-state index in [9.17, 15) is 9.18 Å². The number of Topliss-reactive ketones (excluding diaryl/α,β-unsaturated/α-hetero) is 1. The van der Waals surface area contributed by atoms with Crippen LogP contribution >= 0.6 is 0 Å². The second-order valence-corrected chi connectivity index (χ2v) is 2.87. The van der Waals surface area contributed by atoms with Crippen LogP contribution in [0.3, 0.4) is 0 Å². The number of rotatable bonds is 4. The molecular weight excluding hydrogens is 179 g/mol. The first kappa shape index (κ1) is 12.8. The average molecular weight is 196 g/mol. The summed E-state index contributed by atoms with van der Waals surface area (Å²) in [6, 6.07) is 0. The van der Waals surface area contributed by atoms with Gasteiger partial charge in [0.15, 0.2) is 5.78 Å². The summed E-state index contributed by atoms with van der Waals surface area (Å²) in [6.45, 7) is 10.7. The van der Waals surface area contributed by atoms with Crippen molar-refractivity contribution in [1.82, 2.24) is 0 Å². The lowest BCUT2D eigenvalue weighted by atomic mass is 10.1. The fraction of sp³-hybridized carbons (Fsp3) is 0.417. The summed E-state index contributed by atoms with van der Waals surface area (Å²) in [5.41, 5.74) is -0.0163. The highest BCUT2D eigenvalue weighted by Gasteiger charge is 2.31. The highest BCUT2D eigenvalue weighted by Crippen LogP contribution is 2.33. The quantitative estimate of drug-likeness (QED) is 0.496. The number of carbonyl (C=O) groups is 1. The Bertz CT molecular complexity index is 259. The first-order valence-corrected chi connectivity index (χ1v) is 4.88. The fourth-order valence-electron chi connectivity index (χ4n) is 0.914. The van der Waals surface area contributed by atoms with Crippen molar-refractivity contribution in [3.8, 4) is 0 Å². The van der Waals surface area contributed by atoms with Gasteiger partial charge in [-0.05, 0) is 18.9 Å². The van der Waals surface area contributed by atoms with Gasteiger partial charge in [0.05, 0.1) is 0 Å². The molecule has 0 radical (unpaired) electrons. The lowest BCUT2D eigenvalue weighted by Gasteiger charge is -1.98. The van der Waals surface area contributed by atoms with Crippen LogP contribution in [0.25, 0.3) is 0 Å². The SMILES string of the molecule is C=C/C=C(/F)C(=C)C(=O)C1CC1.CC. The van der Waals surface area contributed by atoms with Gasteiger partial charge in [-0.25, -0.2) is 4.39 Å². The molecule has 0 amide bonds. The summed E-state index contributed by atoms with van der Waals surface area (Å²) in [6.07, 6.45) is 4.21. The zero-order valence-corrected chi connectivity index (χ0v) is 8.85. The molecule has 0 aliphatic heterocycles. The molecule has 14 heavy (non-hydrogen) atoms. The molecule has 1 aliphatic rings. The molecule has 2 heteroatoms. The molecule has 1 aliphatic carbocycles. The summed E-state index contributed by atoms with van der Waals surface area (Å²) in [5, 5.41) is 0. The van der Waals surface area contributed by atoms with Crippen LogP contribution in [0, 0.1) is 5.92 Å². The lowest BCUT2D eigenvalue weighted by Crippen LogP contribution is -2.03. The molecule has 0 unspecified atom stereocenters. The summed E-state index contributed by atoms with van der Waals surface area (Å²) in [7, 11) is 0. The molecule has 0 atom stereocenters. The van der Waals surface area contributed by atoms with E-state index in [0.29, 0.717) is 0 Å². The van der Waals surface area contributed by atoms with Crippen LogP contribution in [0.2, 0.25) is 0 Å². The maximum absolute atomic E-state index is 12.9. The maximum atomic E-state index is 12.9. The minimum atomic E-state index is -0.568. The van der Waals surface area contributed by atoms with E-state index in [1.165, 1.54) is 6.08 Å². The molecule has 0 saturated heterocycles. The molecule has 78 valence electrons. The number of halogens is 1. The molecule has 1 rings (SSSR count). The van der Waals surface area contributed by atoms with E-state index >= 15 is 0 Å². The van der Waals surface area contributed by atoms with Crippen molar-refractivity contribution >= 4 is 5.78 Å². The van der Waals surface area contributed by atoms with Crippen LogP contribution in [0.15, 0.2) is 36.7 Å². The monoisotopic (exact) mass is 196 g/mol. The molecule has 1 nitrogen and oxygen atoms in total. The van der Waals surface area contributed by atoms with Crippen molar-refractivity contribution in [3.63, 3.8) is 0 Å². The van der Waals surface area contributed by atoms with E-state index in [1.54, 1.807) is 0 Å². The smallest absolute Gasteiger partial charge is 0.168 e. The highest BCUT2D eigenvalue weighted by molar-refractivity contribution is 6.01. The van der Waals surface area contributed by atoms with Gasteiger partial charge in [-0.3, -0.25) is 4.79 Å². The van der Waals surface area contributed by atoms with Crippen molar-refractivity contribution in [2.24, 2.45) is 5.92 Å². The average Bonchev–Trinajstić information content (AvgIpc) is 3.02. The van der Waals surface area contributed by atoms with E-state index in [1.807, 2.05) is 13.8 Å². The summed E-state index contributed by atoms with van der Waals surface area (Å²) < 4.78 is 12.9. The number of hydrogen-bond donors (Lipinski definition) is 0. The highest BCUT2D eigenvalue weighted by atomic mass is 19.1. The Morgan fingerprint density at radius 1 is 1.43 bits per heavy atom. The van der Waals surface area contributed by atoms with E-state index < -0.39 is 5.83 Å². The Labute approximate surface area is 85.0 Å². The first-order valence-electron chi connectivity index (χ1n) is 4.88. The minimum Gasteiger partial charge on any atom is -0.294 e. The summed E-state index contributed by atoms with van der Waals surface area (Å²) >= 11 is 0. The number of allylic oxidation sites excluding steroid dienone is 4. The Morgan fingerprint density at radius 2 is 1.93 bits per heavy atom. The van der Waals surface area contributed by atoms with E-state index in [-0.39, 0.29) is 17.3 Å². The maximum Gasteiger partial charge on any atom is 0.168 e. The third-order valence-corrected chi connectivity index (χ3v) is 1.80. The Kier molecular flexibility index (Phi) is 5.77. The Hall–Kier alpha value is -1.18. The van der Waals surface area contributed by atoms with Gasteiger partial charge >= 0.3 is 0 Å². The molecule has 0 heterocycles. The summed E-state index contributed by atoms with van der Waals surface area (Å²) in [4.78, 5) is 11.2. The van der Waals surface area contributed by atoms with Gasteiger partial charge < -0.3 is 0 Å². The molecule has 0 bridgehead atoms. The fourth-order valence-corrected chi connectivity index (χ4v) is 0.914. The second-order valence-electron chi connectivity index (χ2n) is 2.87. The standard InChI is InChI=1S/C10H11FO.C2H6/c1-3-4-9(11)7(2)10(12)8-5-6-8;1-2/h3-4,8H,1-2,5-6H2;1-2H3/b9-4+;. The van der Waals surface area contributed by atoms with Crippen LogP contribution < -0.4 is 0 Å². The zero-order chi connectivity index (χ0) is 11.1. The van der Waals surface area contributed by atoms with Crippen molar-refractivity contribution in [3.05, 3.63) is 36.7 Å². The third kappa shape index (κ3) is 3.69. The van der Waals surface area contributed by atoms with Crippen LogP contribution in [0.4, 0.5) is 4.39 Å². The van der Waals surface area contributed by atoms with E-state index in [0.717, 1.165) is 18.9 Å². The predicted molar refractivity (Wildman–Crippen MR) is 57.6 cm³/mol. The second kappa shape index (κ2) is 6.30. The predicted octanol–water partition coefficient (Wildman–Crippen LogP) is 3.59. The van der Waals surface area contributed by atoms with Gasteiger partial charge in [-0.15, -0.1) is 0 Å². The minimum absolute atomic E-state index is 0.0163. The summed E-state index contributed by atoms with van der Waals surface area (Å²) in [5.74, 6) is -0.700. The molecule has 1 fully saturated rings. The van der Waals surface area contributed by atoms with Gasteiger partial charge in [0.25, 0.3) is 0 Å². The Morgan fingerprint density at radius 3 is 2.29 bits per heavy atom. The molecule has 1 saturated carbocycles. The normalized spacial score (nSPS) is 15.2. The molecule has 0 aromatic heterocycles. The Balaban J connectivity index is 0.000000791. The topological polar surface area (TPSA) is 17.1 Å². The number of hydrogen-bond acceptors (Lipinski definition) is 1. The van der Waals surface area contributed by atoms with Crippen molar-refractivity contribution in [1.29, 1.82) is 0 Å². The van der Waals surface area contributed by atoms with E-state index in [4.69, 9.17) is 0 Å². The number of carbonyl (C=O) groups excluding carboxylic acids is 1. The van der Waals surface area contributed by atoms with Gasteiger partial charge in [0.2, 0.25) is 0 Å². The van der Waals surface area contributed by atoms with Crippen molar-refractivity contribution < 1.29 is 9.18 Å². The molecule has 0 aromatic rings. The van der Waals surface area contributed by atoms with Crippen LogP contribution in [0.1, 0.15) is 26.7 Å². The zero-order valence-electron chi connectivity index (χ0n) is 8.85. The molecule has 0 aromatic carbocycles. The number of ketones is 1. The van der Waals surface area contributed by atoms with Gasteiger partial charge in [0, 0.05) is 11.5 Å². The molecule has 0 N–H and O–H groups in total. The third-order valence-electron chi connectivity index (χ3n) is 1.80. The van der Waals surface area contributed by atoms with Gasteiger partial charge in [0.1, 0.15) is 5.83 Å². The molecular formula is C12H17FO. The van der Waals surface area contributed by atoms with Crippen LogP contribution in [0.5, 0.6) is 0 Å². The van der Waals surface area contributed by atoms with Gasteiger partial charge in [-0.1, -0.05) is 33.1 Å². The van der Waals surface area contributed by atoms with Gasteiger partial charge in [-0.2, -0.15) is 0 Å². The first-order chi connectivity index (χ1) is 6.66. The van der Waals surface area contributed by atoms with Crippen molar-refractivity contribution in [2.75, 3.05) is 0 Å². The van der Waals surface area contributed by atoms with Crippen LogP contribution in [-0.4, -0.2) is 5.78 Å². The lowest BCUT2D eigenvalue weighted by molar-refractivity contribution is -0.116. The van der Waals surface area contributed by atoms with Crippen molar-refractivity contribution in [2.45, 2.75) is 26.7 Å². The molecule has 0 spiro atoms.